The first-order chi connectivity index (χ1) is 8.99. The summed E-state index contributed by atoms with van der Waals surface area (Å²) in [5, 5.41) is 2.99. The zero-order chi connectivity index (χ0) is 14.0. The quantitative estimate of drug-likeness (QED) is 0.844. The van der Waals surface area contributed by atoms with Crippen LogP contribution < -0.4 is 5.32 Å². The third kappa shape index (κ3) is 3.11. The summed E-state index contributed by atoms with van der Waals surface area (Å²) in [6.45, 7) is 0. The van der Waals surface area contributed by atoms with Crippen LogP contribution in [0.1, 0.15) is 10.4 Å². The molecule has 0 aliphatic carbocycles. The summed E-state index contributed by atoms with van der Waals surface area (Å²) in [5.41, 5.74) is 0.466. The number of rotatable bonds is 2. The molecule has 0 saturated heterocycles. The van der Waals surface area contributed by atoms with Crippen molar-refractivity contribution in [3.63, 3.8) is 0 Å². The zero-order valence-corrected chi connectivity index (χ0v) is 11.7. The third-order valence-corrected chi connectivity index (χ3v) is 3.78. The summed E-state index contributed by atoms with van der Waals surface area (Å²) < 4.78 is 26.3. The predicted molar refractivity (Wildman–Crippen MR) is 73.5 cm³/mol. The fraction of sp³-hybridized carbons (Fsp3) is 0. The molecule has 2 aromatic rings. The molecule has 0 aromatic heterocycles. The standard InChI is InChI=1S/C13H7BrClF2NO/c14-12-8(15)2-1-3-11(12)18-13(19)7-4-5-9(16)10(17)6-7/h1-6H,(H,18,19). The van der Waals surface area contributed by atoms with Gasteiger partial charge >= 0.3 is 0 Å². The van der Waals surface area contributed by atoms with E-state index in [1.807, 2.05) is 0 Å². The lowest BCUT2D eigenvalue weighted by atomic mass is 10.2. The molecule has 6 heteroatoms. The van der Waals surface area contributed by atoms with Crippen molar-refractivity contribution >= 4 is 39.1 Å². The van der Waals surface area contributed by atoms with Crippen LogP contribution in [0, 0.1) is 11.6 Å². The minimum absolute atomic E-state index is 0.0192. The molecule has 0 atom stereocenters. The maximum atomic E-state index is 13.0. The Labute approximate surface area is 121 Å². The number of nitrogens with one attached hydrogen (secondary N) is 1. The number of carbonyl (C=O) groups is 1. The Morgan fingerprint density at radius 3 is 2.58 bits per heavy atom. The number of hydrogen-bond donors (Lipinski definition) is 1. The number of carbonyl (C=O) groups excluding carboxylic acids is 1. The average Bonchev–Trinajstić information content (AvgIpc) is 2.38. The van der Waals surface area contributed by atoms with Crippen LogP contribution in [0.2, 0.25) is 5.02 Å². The molecule has 2 aromatic carbocycles. The van der Waals surface area contributed by atoms with E-state index in [4.69, 9.17) is 11.6 Å². The average molecular weight is 347 g/mol. The van der Waals surface area contributed by atoms with Crippen molar-refractivity contribution in [1.29, 1.82) is 0 Å². The van der Waals surface area contributed by atoms with Crippen LogP contribution in [0.5, 0.6) is 0 Å². The van der Waals surface area contributed by atoms with E-state index in [0.717, 1.165) is 12.1 Å². The van der Waals surface area contributed by atoms with Crippen molar-refractivity contribution in [2.75, 3.05) is 5.32 Å². The Kier molecular flexibility index (Phi) is 4.17. The first-order valence-electron chi connectivity index (χ1n) is 5.19. The molecule has 0 radical (unpaired) electrons. The molecule has 0 heterocycles. The minimum atomic E-state index is -1.07. The molecule has 2 nitrogen and oxygen atoms in total. The van der Waals surface area contributed by atoms with Gasteiger partial charge in [0.1, 0.15) is 0 Å². The number of benzene rings is 2. The van der Waals surface area contributed by atoms with E-state index in [1.54, 1.807) is 18.2 Å². The maximum absolute atomic E-state index is 13.0. The van der Waals surface area contributed by atoms with Crippen LogP contribution in [-0.2, 0) is 0 Å². The molecule has 0 aliphatic rings. The van der Waals surface area contributed by atoms with E-state index in [1.165, 1.54) is 6.07 Å². The first-order valence-corrected chi connectivity index (χ1v) is 6.36. The normalized spacial score (nSPS) is 10.3. The number of hydrogen-bond acceptors (Lipinski definition) is 1. The SMILES string of the molecule is O=C(Nc1cccc(Cl)c1Br)c1ccc(F)c(F)c1. The second-order valence-electron chi connectivity index (χ2n) is 3.68. The van der Waals surface area contributed by atoms with Crippen molar-refractivity contribution in [1.82, 2.24) is 0 Å². The predicted octanol–water partition coefficient (Wildman–Crippen LogP) is 4.63. The highest BCUT2D eigenvalue weighted by Gasteiger charge is 2.12. The molecule has 98 valence electrons. The summed E-state index contributed by atoms with van der Waals surface area (Å²) in [4.78, 5) is 11.9. The lowest BCUT2D eigenvalue weighted by Gasteiger charge is -2.08. The van der Waals surface area contributed by atoms with E-state index in [-0.39, 0.29) is 5.56 Å². The van der Waals surface area contributed by atoms with Gasteiger partial charge in [0.2, 0.25) is 0 Å². The summed E-state index contributed by atoms with van der Waals surface area (Å²) in [6.07, 6.45) is 0. The fourth-order valence-electron chi connectivity index (χ4n) is 1.43. The second-order valence-corrected chi connectivity index (χ2v) is 4.88. The second kappa shape index (κ2) is 5.67. The molecule has 0 saturated carbocycles. The van der Waals surface area contributed by atoms with E-state index in [9.17, 15) is 13.6 Å². The van der Waals surface area contributed by atoms with Gasteiger partial charge in [-0.05, 0) is 46.3 Å². The number of amides is 1. The summed E-state index contributed by atoms with van der Waals surface area (Å²) >= 11 is 9.11. The molecule has 0 unspecified atom stereocenters. The molecule has 1 amide bonds. The smallest absolute Gasteiger partial charge is 0.255 e. The van der Waals surface area contributed by atoms with Crippen LogP contribution in [0.15, 0.2) is 40.9 Å². The van der Waals surface area contributed by atoms with E-state index in [0.29, 0.717) is 15.2 Å². The fourth-order valence-corrected chi connectivity index (χ4v) is 1.97. The number of halogens is 4. The van der Waals surface area contributed by atoms with E-state index in [2.05, 4.69) is 21.2 Å². The van der Waals surface area contributed by atoms with Crippen LogP contribution in [0.4, 0.5) is 14.5 Å². The van der Waals surface area contributed by atoms with Gasteiger partial charge in [0, 0.05) is 5.56 Å². The molecule has 19 heavy (non-hydrogen) atoms. The van der Waals surface area contributed by atoms with Gasteiger partial charge in [-0.15, -0.1) is 0 Å². The van der Waals surface area contributed by atoms with Gasteiger partial charge in [0.25, 0.3) is 5.91 Å². The van der Waals surface area contributed by atoms with Gasteiger partial charge in [-0.25, -0.2) is 8.78 Å². The Morgan fingerprint density at radius 2 is 1.89 bits per heavy atom. The highest BCUT2D eigenvalue weighted by molar-refractivity contribution is 9.10. The monoisotopic (exact) mass is 345 g/mol. The van der Waals surface area contributed by atoms with E-state index >= 15 is 0 Å². The van der Waals surface area contributed by atoms with Gasteiger partial charge in [0.15, 0.2) is 11.6 Å². The Morgan fingerprint density at radius 1 is 1.16 bits per heavy atom. The molecule has 0 aliphatic heterocycles. The van der Waals surface area contributed by atoms with Gasteiger partial charge in [0.05, 0.1) is 15.2 Å². The van der Waals surface area contributed by atoms with E-state index < -0.39 is 17.5 Å². The molecular formula is C13H7BrClF2NO. The van der Waals surface area contributed by atoms with Crippen LogP contribution in [0.25, 0.3) is 0 Å². The molecular weight excluding hydrogens is 340 g/mol. The molecule has 1 N–H and O–H groups in total. The Bertz CT molecular complexity index is 649. The largest absolute Gasteiger partial charge is 0.321 e. The molecule has 0 spiro atoms. The summed E-state index contributed by atoms with van der Waals surface area (Å²) in [7, 11) is 0. The topological polar surface area (TPSA) is 29.1 Å². The van der Waals surface area contributed by atoms with Crippen molar-refractivity contribution in [2.45, 2.75) is 0 Å². The van der Waals surface area contributed by atoms with Gasteiger partial charge in [-0.2, -0.15) is 0 Å². The maximum Gasteiger partial charge on any atom is 0.255 e. The highest BCUT2D eigenvalue weighted by atomic mass is 79.9. The van der Waals surface area contributed by atoms with Crippen molar-refractivity contribution in [3.05, 3.63) is 63.1 Å². The minimum Gasteiger partial charge on any atom is -0.321 e. The molecule has 0 fully saturated rings. The summed E-state index contributed by atoms with van der Waals surface area (Å²) in [5.74, 6) is -2.62. The van der Waals surface area contributed by atoms with Crippen molar-refractivity contribution < 1.29 is 13.6 Å². The number of anilines is 1. The molecule has 0 bridgehead atoms. The highest BCUT2D eigenvalue weighted by Crippen LogP contribution is 2.30. The zero-order valence-electron chi connectivity index (χ0n) is 9.38. The van der Waals surface area contributed by atoms with Gasteiger partial charge < -0.3 is 5.32 Å². The van der Waals surface area contributed by atoms with Crippen molar-refractivity contribution in [3.8, 4) is 0 Å². The van der Waals surface area contributed by atoms with Crippen LogP contribution in [0.3, 0.4) is 0 Å². The first kappa shape index (κ1) is 14.0. The molecule has 2 rings (SSSR count). The van der Waals surface area contributed by atoms with Crippen molar-refractivity contribution in [2.24, 2.45) is 0 Å². The van der Waals surface area contributed by atoms with Crippen LogP contribution in [-0.4, -0.2) is 5.91 Å². The lowest BCUT2D eigenvalue weighted by Crippen LogP contribution is -2.12. The lowest BCUT2D eigenvalue weighted by molar-refractivity contribution is 0.102. The Balaban J connectivity index is 2.26. The Hall–Kier alpha value is -1.46. The van der Waals surface area contributed by atoms with Gasteiger partial charge in [-0.3, -0.25) is 4.79 Å². The van der Waals surface area contributed by atoms with Crippen LogP contribution >= 0.6 is 27.5 Å². The van der Waals surface area contributed by atoms with Gasteiger partial charge in [-0.1, -0.05) is 17.7 Å². The summed E-state index contributed by atoms with van der Waals surface area (Å²) in [6, 6.07) is 7.88. The third-order valence-electron chi connectivity index (χ3n) is 2.38.